The van der Waals surface area contributed by atoms with Crippen LogP contribution in [0.3, 0.4) is 0 Å². The molecule has 166 valence electrons. The highest BCUT2D eigenvalue weighted by Crippen LogP contribution is 2.67. The number of aliphatic hydroxyl groups excluding tert-OH is 1. The second-order valence-corrected chi connectivity index (χ2v) is 12.6. The summed E-state index contributed by atoms with van der Waals surface area (Å²) in [7, 11) is 0. The molecule has 4 fully saturated rings. The fourth-order valence-electron chi connectivity index (χ4n) is 9.04. The van der Waals surface area contributed by atoms with Crippen LogP contribution in [0.15, 0.2) is 0 Å². The molecule has 0 radical (unpaired) electrons. The number of hydrogen-bond acceptors (Lipinski definition) is 2. The van der Waals surface area contributed by atoms with Crippen molar-refractivity contribution in [3.63, 3.8) is 0 Å². The highest BCUT2D eigenvalue weighted by molar-refractivity contribution is 5.83. The highest BCUT2D eigenvalue weighted by atomic mass is 16.3. The first kappa shape index (κ1) is 21.8. The molecule has 0 saturated heterocycles. The van der Waals surface area contributed by atoms with E-state index < -0.39 is 0 Å². The molecule has 0 aromatic carbocycles. The molecule has 9 atom stereocenters. The fourth-order valence-corrected chi connectivity index (χ4v) is 9.04. The van der Waals surface area contributed by atoms with Crippen LogP contribution in [0.1, 0.15) is 105 Å². The lowest BCUT2D eigenvalue weighted by molar-refractivity contribution is -0.160. The average molecular weight is 403 g/mol. The minimum Gasteiger partial charge on any atom is -0.393 e. The first-order valence-electron chi connectivity index (χ1n) is 12.9. The van der Waals surface area contributed by atoms with Crippen molar-refractivity contribution >= 4 is 5.78 Å². The van der Waals surface area contributed by atoms with Gasteiger partial charge in [0.25, 0.3) is 0 Å². The molecule has 4 aliphatic carbocycles. The zero-order valence-corrected chi connectivity index (χ0v) is 19.8. The molecule has 29 heavy (non-hydrogen) atoms. The maximum atomic E-state index is 13.2. The van der Waals surface area contributed by atoms with Crippen LogP contribution in [0.2, 0.25) is 0 Å². The van der Waals surface area contributed by atoms with Crippen molar-refractivity contribution in [2.24, 2.45) is 52.3 Å². The van der Waals surface area contributed by atoms with Crippen LogP contribution in [0.4, 0.5) is 0 Å². The summed E-state index contributed by atoms with van der Waals surface area (Å²) in [5.41, 5.74) is 0.609. The Labute approximate surface area is 179 Å². The first-order chi connectivity index (χ1) is 13.7. The molecule has 1 N–H and O–H groups in total. The van der Waals surface area contributed by atoms with Gasteiger partial charge in [-0.05, 0) is 91.3 Å². The summed E-state index contributed by atoms with van der Waals surface area (Å²) in [6.07, 6.45) is 12.8. The Balaban J connectivity index is 1.50. The molecule has 0 unspecified atom stereocenters. The molecule has 0 aromatic heterocycles. The van der Waals surface area contributed by atoms with Gasteiger partial charge in [-0.25, -0.2) is 0 Å². The van der Waals surface area contributed by atoms with Crippen molar-refractivity contribution < 1.29 is 9.90 Å². The first-order valence-corrected chi connectivity index (χ1v) is 12.9. The number of Topliss-reactive ketones (excluding diaryl/α,β-unsaturated/α-hetero) is 1. The third-order valence-electron chi connectivity index (χ3n) is 10.6. The maximum absolute atomic E-state index is 13.2. The standard InChI is InChI=1S/C27H46O2/c1-17(2)7-6-8-18(3)21-9-10-22-20-16-25(29)24-15-19(28)11-13-27(24,5)23(20)12-14-26(21,22)4/h17-24,28H,6-16H2,1-5H3/t18-,19-,20-,21-,22+,23-,24+,26+,27+/m0/s1. The minimum atomic E-state index is -0.245. The largest absolute Gasteiger partial charge is 0.393 e. The van der Waals surface area contributed by atoms with E-state index in [9.17, 15) is 9.90 Å². The van der Waals surface area contributed by atoms with Gasteiger partial charge in [0, 0.05) is 12.3 Å². The van der Waals surface area contributed by atoms with Crippen LogP contribution in [0.5, 0.6) is 0 Å². The maximum Gasteiger partial charge on any atom is 0.136 e. The Morgan fingerprint density at radius 2 is 1.66 bits per heavy atom. The number of carbonyl (C=O) groups is 1. The molecule has 2 heteroatoms. The van der Waals surface area contributed by atoms with Crippen molar-refractivity contribution in [3.05, 3.63) is 0 Å². The summed E-state index contributed by atoms with van der Waals surface area (Å²) in [6.45, 7) is 12.2. The second kappa shape index (κ2) is 7.95. The third-order valence-corrected chi connectivity index (χ3v) is 10.6. The monoisotopic (exact) mass is 402 g/mol. The Morgan fingerprint density at radius 3 is 2.38 bits per heavy atom. The van der Waals surface area contributed by atoms with Crippen LogP contribution in [0.25, 0.3) is 0 Å². The van der Waals surface area contributed by atoms with E-state index in [0.717, 1.165) is 49.4 Å². The van der Waals surface area contributed by atoms with E-state index in [1.165, 1.54) is 44.9 Å². The van der Waals surface area contributed by atoms with E-state index in [4.69, 9.17) is 0 Å². The van der Waals surface area contributed by atoms with Crippen LogP contribution in [-0.2, 0) is 4.79 Å². The quantitative estimate of drug-likeness (QED) is 0.559. The molecular formula is C27H46O2. The number of rotatable bonds is 5. The molecule has 2 nitrogen and oxygen atoms in total. The van der Waals surface area contributed by atoms with Crippen molar-refractivity contribution in [2.45, 2.75) is 111 Å². The second-order valence-electron chi connectivity index (χ2n) is 12.6. The normalized spacial score (nSPS) is 48.2. The average Bonchev–Trinajstić information content (AvgIpc) is 3.00. The SMILES string of the molecule is CC(C)CCC[C@H](C)[C@@H]1CC[C@@H]2[C@@H]3CC(=O)[C@H]4C[C@@H](O)CC[C@]4(C)[C@H]3CC[C@@]21C. The van der Waals surface area contributed by atoms with E-state index in [-0.39, 0.29) is 17.4 Å². The topological polar surface area (TPSA) is 37.3 Å². The zero-order valence-electron chi connectivity index (χ0n) is 19.8. The van der Waals surface area contributed by atoms with Crippen LogP contribution >= 0.6 is 0 Å². The summed E-state index contributed by atoms with van der Waals surface area (Å²) in [5.74, 6) is 5.21. The summed E-state index contributed by atoms with van der Waals surface area (Å²) in [4.78, 5) is 13.2. The van der Waals surface area contributed by atoms with E-state index in [0.29, 0.717) is 23.0 Å². The molecule has 0 heterocycles. The number of aliphatic hydroxyl groups is 1. The van der Waals surface area contributed by atoms with Gasteiger partial charge in [0.15, 0.2) is 0 Å². The van der Waals surface area contributed by atoms with E-state index in [1.807, 2.05) is 0 Å². The highest BCUT2D eigenvalue weighted by Gasteiger charge is 2.62. The van der Waals surface area contributed by atoms with Gasteiger partial charge in [0.2, 0.25) is 0 Å². The predicted molar refractivity (Wildman–Crippen MR) is 119 cm³/mol. The van der Waals surface area contributed by atoms with Crippen molar-refractivity contribution in [1.82, 2.24) is 0 Å². The number of ketones is 1. The summed E-state index contributed by atoms with van der Waals surface area (Å²) in [5, 5.41) is 10.2. The van der Waals surface area contributed by atoms with Gasteiger partial charge in [0.05, 0.1) is 6.10 Å². The Bertz CT molecular complexity index is 612. The lowest BCUT2D eigenvalue weighted by atomic mass is 9.44. The molecule has 0 amide bonds. The van der Waals surface area contributed by atoms with Crippen LogP contribution in [-0.4, -0.2) is 17.0 Å². The van der Waals surface area contributed by atoms with E-state index in [2.05, 4.69) is 34.6 Å². The minimum absolute atomic E-state index is 0.129. The van der Waals surface area contributed by atoms with Gasteiger partial charge in [-0.1, -0.05) is 53.9 Å². The zero-order chi connectivity index (χ0) is 21.0. The molecule has 0 aromatic rings. The van der Waals surface area contributed by atoms with Gasteiger partial charge in [0.1, 0.15) is 5.78 Å². The van der Waals surface area contributed by atoms with Crippen LogP contribution < -0.4 is 0 Å². The number of hydrogen-bond donors (Lipinski definition) is 1. The van der Waals surface area contributed by atoms with Gasteiger partial charge in [-0.2, -0.15) is 0 Å². The predicted octanol–water partition coefficient (Wildman–Crippen LogP) is 6.65. The van der Waals surface area contributed by atoms with Gasteiger partial charge >= 0.3 is 0 Å². The molecule has 4 rings (SSSR count). The Hall–Kier alpha value is -0.370. The van der Waals surface area contributed by atoms with E-state index >= 15 is 0 Å². The number of fused-ring (bicyclic) bond motifs is 5. The Morgan fingerprint density at radius 1 is 0.966 bits per heavy atom. The fraction of sp³-hybridized carbons (Fsp3) is 0.963. The third kappa shape index (κ3) is 3.64. The number of carbonyl (C=O) groups excluding carboxylic acids is 1. The molecule has 0 aliphatic heterocycles. The lowest BCUT2D eigenvalue weighted by Crippen LogP contribution is -2.57. The molecule has 0 spiro atoms. The molecular weight excluding hydrogens is 356 g/mol. The summed E-state index contributed by atoms with van der Waals surface area (Å²) in [6, 6.07) is 0. The lowest BCUT2D eigenvalue weighted by Gasteiger charge is -2.60. The van der Waals surface area contributed by atoms with Crippen molar-refractivity contribution in [2.75, 3.05) is 0 Å². The van der Waals surface area contributed by atoms with Gasteiger partial charge in [-0.3, -0.25) is 4.79 Å². The molecule has 4 aliphatic rings. The van der Waals surface area contributed by atoms with Crippen molar-refractivity contribution in [3.8, 4) is 0 Å². The Kier molecular flexibility index (Phi) is 5.99. The molecule has 4 saturated carbocycles. The van der Waals surface area contributed by atoms with Crippen LogP contribution in [0, 0.1) is 52.3 Å². The van der Waals surface area contributed by atoms with Gasteiger partial charge < -0.3 is 5.11 Å². The van der Waals surface area contributed by atoms with E-state index in [1.54, 1.807) is 0 Å². The summed E-state index contributed by atoms with van der Waals surface area (Å²) >= 11 is 0. The summed E-state index contributed by atoms with van der Waals surface area (Å²) < 4.78 is 0. The van der Waals surface area contributed by atoms with Crippen molar-refractivity contribution in [1.29, 1.82) is 0 Å². The molecule has 0 bridgehead atoms. The smallest absolute Gasteiger partial charge is 0.136 e. The van der Waals surface area contributed by atoms with Gasteiger partial charge in [-0.15, -0.1) is 0 Å².